The molecular weight excluding hydrogens is 200 g/mol. The first-order valence-corrected chi connectivity index (χ1v) is 6.28. The van der Waals surface area contributed by atoms with Gasteiger partial charge in [0.2, 0.25) is 0 Å². The van der Waals surface area contributed by atoms with Gasteiger partial charge in [-0.1, -0.05) is 13.8 Å². The van der Waals surface area contributed by atoms with Crippen molar-refractivity contribution in [3.8, 4) is 0 Å². The summed E-state index contributed by atoms with van der Waals surface area (Å²) in [5.74, 6) is 1.57. The number of aliphatic imine (C=N–C) groups is 1. The zero-order chi connectivity index (χ0) is 12.0. The number of likely N-dealkylation sites (N-methyl/N-ethyl adjacent to an activating group) is 1. The molecule has 0 aliphatic carbocycles. The second-order valence-corrected chi connectivity index (χ2v) is 5.00. The fraction of sp³-hybridized carbons (Fsp3) is 0.917. The molecule has 1 heterocycles. The maximum atomic E-state index is 4.22. The van der Waals surface area contributed by atoms with Gasteiger partial charge in [0.05, 0.1) is 0 Å². The molecule has 0 radical (unpaired) electrons. The summed E-state index contributed by atoms with van der Waals surface area (Å²) < 4.78 is 0. The van der Waals surface area contributed by atoms with Gasteiger partial charge in [-0.25, -0.2) is 0 Å². The van der Waals surface area contributed by atoms with Gasteiger partial charge >= 0.3 is 0 Å². The molecule has 1 saturated heterocycles. The van der Waals surface area contributed by atoms with Crippen LogP contribution in [0, 0.1) is 5.92 Å². The van der Waals surface area contributed by atoms with Gasteiger partial charge in [-0.3, -0.25) is 4.99 Å². The topological polar surface area (TPSA) is 39.7 Å². The van der Waals surface area contributed by atoms with E-state index >= 15 is 0 Å². The lowest BCUT2D eigenvalue weighted by Gasteiger charge is -2.21. The number of hydrogen-bond acceptors (Lipinski definition) is 2. The number of likely N-dealkylation sites (tertiary alicyclic amines) is 1. The highest BCUT2D eigenvalue weighted by molar-refractivity contribution is 5.79. The van der Waals surface area contributed by atoms with Gasteiger partial charge in [-0.05, 0) is 32.4 Å². The molecule has 0 aromatic heterocycles. The van der Waals surface area contributed by atoms with Crippen molar-refractivity contribution in [2.24, 2.45) is 10.9 Å². The first kappa shape index (κ1) is 13.3. The largest absolute Gasteiger partial charge is 0.356 e. The molecule has 0 amide bonds. The molecule has 0 aromatic rings. The first-order chi connectivity index (χ1) is 7.63. The summed E-state index contributed by atoms with van der Waals surface area (Å²) in [6.45, 7) is 7.59. The number of nitrogens with zero attached hydrogens (tertiary/aromatic N) is 2. The lowest BCUT2D eigenvalue weighted by Crippen LogP contribution is -2.44. The average molecular weight is 226 g/mol. The Morgan fingerprint density at radius 1 is 1.44 bits per heavy atom. The third-order valence-electron chi connectivity index (χ3n) is 3.08. The van der Waals surface area contributed by atoms with Crippen molar-refractivity contribution < 1.29 is 0 Å². The SMILES string of the molecule is CN=C(NCC(C)C)NCC1CCCN1C. The van der Waals surface area contributed by atoms with E-state index < -0.39 is 0 Å². The van der Waals surface area contributed by atoms with E-state index in [-0.39, 0.29) is 0 Å². The van der Waals surface area contributed by atoms with Gasteiger partial charge < -0.3 is 15.5 Å². The van der Waals surface area contributed by atoms with Crippen LogP contribution < -0.4 is 10.6 Å². The Balaban J connectivity index is 2.23. The molecule has 1 fully saturated rings. The molecule has 2 N–H and O–H groups in total. The fourth-order valence-electron chi connectivity index (χ4n) is 1.97. The third-order valence-corrected chi connectivity index (χ3v) is 3.08. The number of hydrogen-bond donors (Lipinski definition) is 2. The Labute approximate surface area is 99.5 Å². The van der Waals surface area contributed by atoms with E-state index in [0.29, 0.717) is 12.0 Å². The van der Waals surface area contributed by atoms with E-state index in [1.165, 1.54) is 19.4 Å². The van der Waals surface area contributed by atoms with Crippen LogP contribution in [0.2, 0.25) is 0 Å². The van der Waals surface area contributed by atoms with Crippen LogP contribution >= 0.6 is 0 Å². The summed E-state index contributed by atoms with van der Waals surface area (Å²) in [5, 5.41) is 6.72. The van der Waals surface area contributed by atoms with E-state index in [0.717, 1.165) is 19.0 Å². The normalized spacial score (nSPS) is 22.8. The van der Waals surface area contributed by atoms with E-state index in [1.807, 2.05) is 7.05 Å². The maximum Gasteiger partial charge on any atom is 0.191 e. The molecule has 0 bridgehead atoms. The third kappa shape index (κ3) is 4.39. The smallest absolute Gasteiger partial charge is 0.191 e. The summed E-state index contributed by atoms with van der Waals surface area (Å²) in [7, 11) is 4.03. The lowest BCUT2D eigenvalue weighted by atomic mass is 10.2. The molecule has 0 aromatic carbocycles. The van der Waals surface area contributed by atoms with Gasteiger partial charge in [0, 0.05) is 26.2 Å². The molecule has 16 heavy (non-hydrogen) atoms. The van der Waals surface area contributed by atoms with Crippen molar-refractivity contribution in [1.82, 2.24) is 15.5 Å². The first-order valence-electron chi connectivity index (χ1n) is 6.28. The molecule has 0 spiro atoms. The summed E-state index contributed by atoms with van der Waals surface area (Å²) in [4.78, 5) is 6.64. The van der Waals surface area contributed by atoms with Crippen LogP contribution in [0.15, 0.2) is 4.99 Å². The van der Waals surface area contributed by atoms with Crippen molar-refractivity contribution in [3.05, 3.63) is 0 Å². The number of guanidine groups is 1. The van der Waals surface area contributed by atoms with Crippen molar-refractivity contribution >= 4 is 5.96 Å². The molecule has 1 aliphatic heterocycles. The van der Waals surface area contributed by atoms with Crippen LogP contribution in [-0.2, 0) is 0 Å². The molecule has 1 atom stereocenters. The summed E-state index contributed by atoms with van der Waals surface area (Å²) in [6.07, 6.45) is 2.62. The molecule has 0 saturated carbocycles. The summed E-state index contributed by atoms with van der Waals surface area (Å²) in [5.41, 5.74) is 0. The molecule has 1 rings (SSSR count). The van der Waals surface area contributed by atoms with Crippen molar-refractivity contribution in [3.63, 3.8) is 0 Å². The molecular formula is C12H26N4. The standard InChI is InChI=1S/C12H26N4/c1-10(2)8-14-12(13-3)15-9-11-6-5-7-16(11)4/h10-11H,5-9H2,1-4H3,(H2,13,14,15). The Bertz CT molecular complexity index is 225. The zero-order valence-electron chi connectivity index (χ0n) is 11.1. The minimum absolute atomic E-state index is 0.646. The summed E-state index contributed by atoms with van der Waals surface area (Å²) >= 11 is 0. The Morgan fingerprint density at radius 3 is 2.69 bits per heavy atom. The van der Waals surface area contributed by atoms with Crippen LogP contribution in [0.1, 0.15) is 26.7 Å². The minimum Gasteiger partial charge on any atom is -0.356 e. The van der Waals surface area contributed by atoms with E-state index in [2.05, 4.69) is 41.4 Å². The minimum atomic E-state index is 0.646. The Kier molecular flexibility index (Phi) is 5.60. The van der Waals surface area contributed by atoms with Crippen LogP contribution in [0.5, 0.6) is 0 Å². The van der Waals surface area contributed by atoms with E-state index in [4.69, 9.17) is 0 Å². The maximum absolute atomic E-state index is 4.22. The van der Waals surface area contributed by atoms with Crippen molar-refractivity contribution in [1.29, 1.82) is 0 Å². The molecule has 4 heteroatoms. The number of rotatable bonds is 4. The highest BCUT2D eigenvalue weighted by Crippen LogP contribution is 2.13. The second-order valence-electron chi connectivity index (χ2n) is 5.00. The van der Waals surface area contributed by atoms with Crippen LogP contribution in [-0.4, -0.2) is 50.6 Å². The van der Waals surface area contributed by atoms with Crippen LogP contribution in [0.25, 0.3) is 0 Å². The van der Waals surface area contributed by atoms with Gasteiger partial charge in [0.1, 0.15) is 0 Å². The Hall–Kier alpha value is -0.770. The van der Waals surface area contributed by atoms with Crippen molar-refractivity contribution in [2.75, 3.05) is 33.7 Å². The Morgan fingerprint density at radius 2 is 2.19 bits per heavy atom. The highest BCUT2D eigenvalue weighted by Gasteiger charge is 2.20. The molecule has 4 nitrogen and oxygen atoms in total. The number of nitrogens with one attached hydrogen (secondary N) is 2. The molecule has 94 valence electrons. The zero-order valence-corrected chi connectivity index (χ0v) is 11.1. The van der Waals surface area contributed by atoms with Gasteiger partial charge in [0.25, 0.3) is 0 Å². The highest BCUT2D eigenvalue weighted by atomic mass is 15.2. The molecule has 1 aliphatic rings. The summed E-state index contributed by atoms with van der Waals surface area (Å²) in [6, 6.07) is 0.664. The van der Waals surface area contributed by atoms with Gasteiger partial charge in [0.15, 0.2) is 5.96 Å². The second kappa shape index (κ2) is 6.74. The van der Waals surface area contributed by atoms with Gasteiger partial charge in [-0.15, -0.1) is 0 Å². The monoisotopic (exact) mass is 226 g/mol. The predicted octanol–water partition coefficient (Wildman–Crippen LogP) is 0.902. The fourth-order valence-corrected chi connectivity index (χ4v) is 1.97. The predicted molar refractivity (Wildman–Crippen MR) is 69.9 cm³/mol. The van der Waals surface area contributed by atoms with E-state index in [9.17, 15) is 0 Å². The quantitative estimate of drug-likeness (QED) is 0.553. The van der Waals surface area contributed by atoms with E-state index in [1.54, 1.807) is 0 Å². The van der Waals surface area contributed by atoms with Crippen molar-refractivity contribution in [2.45, 2.75) is 32.7 Å². The molecule has 1 unspecified atom stereocenters. The van der Waals surface area contributed by atoms with Gasteiger partial charge in [-0.2, -0.15) is 0 Å². The van der Waals surface area contributed by atoms with Crippen LogP contribution in [0.3, 0.4) is 0 Å². The van der Waals surface area contributed by atoms with Crippen LogP contribution in [0.4, 0.5) is 0 Å². The average Bonchev–Trinajstić information content (AvgIpc) is 2.64. The lowest BCUT2D eigenvalue weighted by molar-refractivity contribution is 0.309.